The van der Waals surface area contributed by atoms with Crippen LogP contribution in [0, 0.1) is 0 Å². The average molecular weight is 650 g/mol. The second-order valence-corrected chi connectivity index (χ2v) is 10.8. The van der Waals surface area contributed by atoms with Crippen LogP contribution in [0.2, 0.25) is 0 Å². The number of amides is 2. The molecular formula is C30H25F6N5O5. The first-order valence-electron chi connectivity index (χ1n) is 13.7. The monoisotopic (exact) mass is 649 g/mol. The van der Waals surface area contributed by atoms with Gasteiger partial charge in [0.15, 0.2) is 0 Å². The minimum atomic E-state index is -4.95. The van der Waals surface area contributed by atoms with Crippen molar-refractivity contribution in [2.24, 2.45) is 0 Å². The lowest BCUT2D eigenvalue weighted by Crippen LogP contribution is -2.60. The summed E-state index contributed by atoms with van der Waals surface area (Å²) in [4.78, 5) is 46.4. The zero-order valence-electron chi connectivity index (χ0n) is 24.2. The number of fused-ring (bicyclic) bond motifs is 1. The molecule has 10 nitrogen and oxygen atoms in total. The van der Waals surface area contributed by atoms with Crippen molar-refractivity contribution in [3.05, 3.63) is 88.6 Å². The summed E-state index contributed by atoms with van der Waals surface area (Å²) in [5, 5.41) is 16.4. The number of rotatable bonds is 6. The van der Waals surface area contributed by atoms with Gasteiger partial charge in [-0.1, -0.05) is 12.1 Å². The number of alkyl halides is 6. The number of aliphatic hydroxyl groups excluding tert-OH is 1. The Morgan fingerprint density at radius 1 is 1.04 bits per heavy atom. The van der Waals surface area contributed by atoms with E-state index in [1.54, 1.807) is 24.1 Å². The van der Waals surface area contributed by atoms with Crippen LogP contribution >= 0.6 is 0 Å². The summed E-state index contributed by atoms with van der Waals surface area (Å²) in [6.45, 7) is 1.81. The number of halogens is 6. The van der Waals surface area contributed by atoms with Gasteiger partial charge in [-0.15, -0.1) is 0 Å². The fourth-order valence-corrected chi connectivity index (χ4v) is 5.52. The fraction of sp³-hybridized carbons (Fsp3) is 0.300. The second kappa shape index (κ2) is 11.7. The molecule has 0 bridgehead atoms. The third kappa shape index (κ3) is 5.99. The Kier molecular flexibility index (Phi) is 8.27. The minimum Gasteiger partial charge on any atom is -0.509 e. The summed E-state index contributed by atoms with van der Waals surface area (Å²) in [5.74, 6) is -3.36. The summed E-state index contributed by atoms with van der Waals surface area (Å²) in [6.07, 6.45) is -8.47. The molecule has 0 saturated carbocycles. The topological polar surface area (TPSA) is 125 Å². The van der Waals surface area contributed by atoms with E-state index in [9.17, 15) is 45.8 Å². The van der Waals surface area contributed by atoms with Crippen LogP contribution in [0.4, 0.5) is 32.0 Å². The molecule has 16 heteroatoms. The molecule has 2 aliphatic rings. The summed E-state index contributed by atoms with van der Waals surface area (Å²) in [6, 6.07) is 8.56. The number of nitrogens with zero attached hydrogens (tertiary/aromatic N) is 4. The van der Waals surface area contributed by atoms with Gasteiger partial charge in [-0.05, 0) is 61.7 Å². The Balaban J connectivity index is 1.54. The zero-order chi connectivity index (χ0) is 33.6. The lowest BCUT2D eigenvalue weighted by molar-refractivity contribution is -0.160. The van der Waals surface area contributed by atoms with E-state index in [0.29, 0.717) is 49.5 Å². The number of hydrazine groups is 1. The maximum atomic E-state index is 13.8. The molecule has 3 aromatic rings. The van der Waals surface area contributed by atoms with Gasteiger partial charge in [0.1, 0.15) is 23.4 Å². The lowest BCUT2D eigenvalue weighted by Gasteiger charge is -2.46. The molecule has 1 aromatic heterocycles. The second-order valence-electron chi connectivity index (χ2n) is 10.8. The number of methoxy groups -OCH3 is 1. The molecule has 46 heavy (non-hydrogen) atoms. The summed E-state index contributed by atoms with van der Waals surface area (Å²) >= 11 is 0. The Morgan fingerprint density at radius 3 is 2.46 bits per heavy atom. The number of carbonyl (C=O) groups is 3. The van der Waals surface area contributed by atoms with Gasteiger partial charge in [-0.3, -0.25) is 14.6 Å². The van der Waals surface area contributed by atoms with Gasteiger partial charge in [0.25, 0.3) is 11.8 Å². The number of hydrogen-bond donors (Lipinski definition) is 2. The maximum absolute atomic E-state index is 13.8. The predicted molar refractivity (Wildman–Crippen MR) is 148 cm³/mol. The van der Waals surface area contributed by atoms with E-state index in [0.717, 1.165) is 6.07 Å². The zero-order valence-corrected chi connectivity index (χ0v) is 24.2. The van der Waals surface area contributed by atoms with Crippen LogP contribution in [0.3, 0.4) is 0 Å². The van der Waals surface area contributed by atoms with E-state index in [1.165, 1.54) is 24.3 Å². The number of aliphatic hydroxyl groups is 1. The molecule has 2 amide bonds. The molecule has 0 spiro atoms. The molecule has 2 N–H and O–H groups in total. The average Bonchev–Trinajstić information content (AvgIpc) is 3.41. The van der Waals surface area contributed by atoms with E-state index < -0.39 is 75.2 Å². The third-order valence-electron chi connectivity index (χ3n) is 7.83. The van der Waals surface area contributed by atoms with Gasteiger partial charge in [-0.25, -0.2) is 19.8 Å². The highest BCUT2D eigenvalue weighted by Gasteiger charge is 2.52. The Bertz CT molecular complexity index is 1760. The van der Waals surface area contributed by atoms with Crippen LogP contribution in [0.5, 0.6) is 0 Å². The lowest BCUT2D eigenvalue weighted by atomic mass is 9.90. The number of benzene rings is 2. The Hall–Kier alpha value is -4.99. The molecule has 0 aliphatic carbocycles. The van der Waals surface area contributed by atoms with Crippen LogP contribution in [-0.2, 0) is 33.2 Å². The molecule has 1 atom stereocenters. The molecule has 1 fully saturated rings. The van der Waals surface area contributed by atoms with Crippen molar-refractivity contribution in [2.45, 2.75) is 44.2 Å². The van der Waals surface area contributed by atoms with Gasteiger partial charge in [0.05, 0.1) is 41.7 Å². The molecule has 242 valence electrons. The van der Waals surface area contributed by atoms with E-state index in [1.807, 2.05) is 0 Å². The van der Waals surface area contributed by atoms with E-state index >= 15 is 0 Å². The first kappa shape index (κ1) is 32.4. The minimum absolute atomic E-state index is 0.129. The molecule has 2 aliphatic heterocycles. The van der Waals surface area contributed by atoms with Crippen LogP contribution in [0.15, 0.2) is 66.2 Å². The quantitative estimate of drug-likeness (QED) is 0.203. The van der Waals surface area contributed by atoms with Crippen molar-refractivity contribution in [3.8, 4) is 11.3 Å². The van der Waals surface area contributed by atoms with Crippen LogP contribution in [0.1, 0.15) is 46.9 Å². The highest BCUT2D eigenvalue weighted by atomic mass is 19.4. The Morgan fingerprint density at radius 2 is 1.78 bits per heavy atom. The van der Waals surface area contributed by atoms with Crippen molar-refractivity contribution < 1.29 is 50.6 Å². The third-order valence-corrected chi connectivity index (χ3v) is 7.83. The van der Waals surface area contributed by atoms with Gasteiger partial charge in [-0.2, -0.15) is 26.3 Å². The standard InChI is InChI=1S/C30H25F6N5O5/c1-28-9-4-10-41(28)40(14-16-5-3-6-17(11-16)27(45)46-2)26(44)23(24(28)42)25(43)39-20-8-7-18(29(31,32)33)12-19(20)21-13-22(30(34,35)36)38-15-37-21/h3,5-8,11-13,15,42H,4,9-10,14H2,1-2H3,(H,39,43)/t28-/m1/s1. The smallest absolute Gasteiger partial charge is 0.433 e. The van der Waals surface area contributed by atoms with E-state index in [4.69, 9.17) is 4.74 Å². The van der Waals surface area contributed by atoms with Crippen molar-refractivity contribution in [1.82, 2.24) is 20.0 Å². The highest BCUT2D eigenvalue weighted by Crippen LogP contribution is 2.42. The number of ether oxygens (including phenoxy) is 1. The number of aromatic nitrogens is 2. The molecule has 0 unspecified atom stereocenters. The number of anilines is 1. The SMILES string of the molecule is COC(=O)c1cccc(CN2C(=O)C(C(=O)Nc3ccc(C(F)(F)F)cc3-c3cc(C(F)(F)F)ncn3)=C(O)[C@@]3(C)CCCN23)c1. The number of carbonyl (C=O) groups excluding carboxylic acids is 3. The largest absolute Gasteiger partial charge is 0.509 e. The van der Waals surface area contributed by atoms with E-state index in [-0.39, 0.29) is 12.1 Å². The summed E-state index contributed by atoms with van der Waals surface area (Å²) in [5.41, 5.74) is -5.45. The number of nitrogens with one attached hydrogen (secondary N) is 1. The first-order chi connectivity index (χ1) is 21.5. The summed E-state index contributed by atoms with van der Waals surface area (Å²) in [7, 11) is 1.21. The number of esters is 1. The number of hydrogen-bond acceptors (Lipinski definition) is 8. The predicted octanol–water partition coefficient (Wildman–Crippen LogP) is 5.53. The molecule has 5 rings (SSSR count). The van der Waals surface area contributed by atoms with Gasteiger partial charge >= 0.3 is 18.3 Å². The van der Waals surface area contributed by atoms with Gasteiger partial charge < -0.3 is 15.2 Å². The fourth-order valence-electron chi connectivity index (χ4n) is 5.52. The molecule has 2 aromatic carbocycles. The molecule has 1 saturated heterocycles. The molecule has 3 heterocycles. The van der Waals surface area contributed by atoms with Gasteiger partial charge in [0, 0.05) is 12.1 Å². The summed E-state index contributed by atoms with van der Waals surface area (Å²) < 4.78 is 85.6. The highest BCUT2D eigenvalue weighted by molar-refractivity contribution is 6.24. The van der Waals surface area contributed by atoms with Crippen LogP contribution < -0.4 is 5.32 Å². The van der Waals surface area contributed by atoms with Crippen molar-refractivity contribution in [3.63, 3.8) is 0 Å². The molecular weight excluding hydrogens is 624 g/mol. The van der Waals surface area contributed by atoms with Crippen LogP contribution in [-0.4, -0.2) is 62.1 Å². The first-order valence-corrected chi connectivity index (χ1v) is 13.7. The molecule has 0 radical (unpaired) electrons. The van der Waals surface area contributed by atoms with Crippen molar-refractivity contribution in [2.75, 3.05) is 19.0 Å². The van der Waals surface area contributed by atoms with Crippen LogP contribution in [0.25, 0.3) is 11.3 Å². The van der Waals surface area contributed by atoms with Crippen molar-refractivity contribution >= 4 is 23.5 Å². The Labute approximate surface area is 257 Å². The normalized spacial score (nSPS) is 18.9. The van der Waals surface area contributed by atoms with Gasteiger partial charge in [0.2, 0.25) is 0 Å². The maximum Gasteiger partial charge on any atom is 0.433 e. The van der Waals surface area contributed by atoms with E-state index in [2.05, 4.69) is 15.3 Å². The van der Waals surface area contributed by atoms with Crippen molar-refractivity contribution in [1.29, 1.82) is 0 Å².